The maximum Gasteiger partial charge on any atom is 0.271 e. The van der Waals surface area contributed by atoms with Crippen LogP contribution in [0.3, 0.4) is 0 Å². The Bertz CT molecular complexity index is 991. The van der Waals surface area contributed by atoms with Crippen LogP contribution in [-0.2, 0) is 0 Å². The molecule has 1 aliphatic rings. The van der Waals surface area contributed by atoms with E-state index in [0.717, 1.165) is 16.2 Å². The Kier molecular flexibility index (Phi) is 5.73. The zero-order valence-electron chi connectivity index (χ0n) is 16.1. The van der Waals surface area contributed by atoms with Crippen molar-refractivity contribution in [3.05, 3.63) is 58.4 Å². The SMILES string of the molecule is COc1cccc(-c2cc(C(=O)N3CCN(CC(=O)c4cccs4)CC3)[nH]n2)c1. The van der Waals surface area contributed by atoms with E-state index in [1.165, 1.54) is 11.3 Å². The van der Waals surface area contributed by atoms with Crippen LogP contribution < -0.4 is 4.74 Å². The van der Waals surface area contributed by atoms with Gasteiger partial charge in [0.15, 0.2) is 5.78 Å². The molecule has 1 N–H and O–H groups in total. The van der Waals surface area contributed by atoms with Crippen molar-refractivity contribution in [3.8, 4) is 17.0 Å². The quantitative estimate of drug-likeness (QED) is 0.632. The van der Waals surface area contributed by atoms with Gasteiger partial charge in [-0.05, 0) is 29.6 Å². The minimum absolute atomic E-state index is 0.0733. The highest BCUT2D eigenvalue weighted by Crippen LogP contribution is 2.23. The molecule has 0 aliphatic carbocycles. The highest BCUT2D eigenvalue weighted by Gasteiger charge is 2.25. The van der Waals surface area contributed by atoms with E-state index in [2.05, 4.69) is 15.1 Å². The Morgan fingerprint density at radius 1 is 1.14 bits per heavy atom. The van der Waals surface area contributed by atoms with Gasteiger partial charge >= 0.3 is 0 Å². The lowest BCUT2D eigenvalue weighted by atomic mass is 10.1. The molecule has 29 heavy (non-hydrogen) atoms. The smallest absolute Gasteiger partial charge is 0.271 e. The molecule has 4 rings (SSSR count). The predicted molar refractivity (Wildman–Crippen MR) is 112 cm³/mol. The lowest BCUT2D eigenvalue weighted by Crippen LogP contribution is -2.49. The molecule has 7 nitrogen and oxygen atoms in total. The maximum absolute atomic E-state index is 12.8. The van der Waals surface area contributed by atoms with Crippen LogP contribution >= 0.6 is 11.3 Å². The number of carbonyl (C=O) groups excluding carboxylic acids is 2. The highest BCUT2D eigenvalue weighted by molar-refractivity contribution is 7.12. The van der Waals surface area contributed by atoms with Gasteiger partial charge < -0.3 is 9.64 Å². The van der Waals surface area contributed by atoms with Gasteiger partial charge in [0, 0.05) is 31.7 Å². The number of ketones is 1. The molecule has 0 radical (unpaired) electrons. The summed E-state index contributed by atoms with van der Waals surface area (Å²) in [5.74, 6) is 0.804. The van der Waals surface area contributed by atoms with Crippen molar-refractivity contribution in [2.75, 3.05) is 39.8 Å². The number of carbonyl (C=O) groups is 2. The van der Waals surface area contributed by atoms with Gasteiger partial charge in [-0.2, -0.15) is 5.10 Å². The lowest BCUT2D eigenvalue weighted by molar-refractivity contribution is 0.0619. The normalized spacial score (nSPS) is 14.7. The Morgan fingerprint density at radius 2 is 1.97 bits per heavy atom. The van der Waals surface area contributed by atoms with Crippen LogP contribution in [0, 0.1) is 0 Å². The number of rotatable bonds is 6. The van der Waals surface area contributed by atoms with Crippen LogP contribution in [0.5, 0.6) is 5.75 Å². The van der Waals surface area contributed by atoms with Crippen LogP contribution in [0.2, 0.25) is 0 Å². The van der Waals surface area contributed by atoms with Gasteiger partial charge in [0.2, 0.25) is 0 Å². The first-order valence-electron chi connectivity index (χ1n) is 9.42. The number of Topliss-reactive ketones (excluding diaryl/α,β-unsaturated/α-hetero) is 1. The number of thiophene rings is 1. The summed E-state index contributed by atoms with van der Waals surface area (Å²) < 4.78 is 5.25. The third-order valence-corrected chi connectivity index (χ3v) is 5.91. The van der Waals surface area contributed by atoms with Gasteiger partial charge in [0.1, 0.15) is 11.4 Å². The second kappa shape index (κ2) is 8.59. The zero-order valence-corrected chi connectivity index (χ0v) is 16.9. The van der Waals surface area contributed by atoms with E-state index < -0.39 is 0 Å². The fourth-order valence-corrected chi connectivity index (χ4v) is 4.02. The monoisotopic (exact) mass is 410 g/mol. The number of nitrogens with zero attached hydrogens (tertiary/aromatic N) is 3. The van der Waals surface area contributed by atoms with Crippen molar-refractivity contribution in [2.45, 2.75) is 0 Å². The molecule has 0 saturated carbocycles. The molecule has 1 aromatic carbocycles. The molecular formula is C21H22N4O3S. The van der Waals surface area contributed by atoms with E-state index in [1.807, 2.05) is 41.8 Å². The second-order valence-electron chi connectivity index (χ2n) is 6.87. The summed E-state index contributed by atoms with van der Waals surface area (Å²) in [6.45, 7) is 2.93. The third kappa shape index (κ3) is 4.38. The van der Waals surface area contributed by atoms with Gasteiger partial charge in [-0.25, -0.2) is 0 Å². The Hall–Kier alpha value is -2.97. The molecule has 0 unspecified atom stereocenters. The minimum Gasteiger partial charge on any atom is -0.497 e. The van der Waals surface area contributed by atoms with Gasteiger partial charge in [-0.3, -0.25) is 19.6 Å². The van der Waals surface area contributed by atoms with E-state index in [4.69, 9.17) is 4.74 Å². The summed E-state index contributed by atoms with van der Waals surface area (Å²) in [5.41, 5.74) is 2.05. The summed E-state index contributed by atoms with van der Waals surface area (Å²) in [5, 5.41) is 9.04. The largest absolute Gasteiger partial charge is 0.497 e. The third-order valence-electron chi connectivity index (χ3n) is 5.00. The number of H-pyrrole nitrogens is 1. The van der Waals surface area contributed by atoms with Crippen LogP contribution in [0.25, 0.3) is 11.3 Å². The summed E-state index contributed by atoms with van der Waals surface area (Å²) in [4.78, 5) is 29.8. The van der Waals surface area contributed by atoms with Crippen molar-refractivity contribution in [3.63, 3.8) is 0 Å². The first kappa shape index (κ1) is 19.4. The zero-order chi connectivity index (χ0) is 20.2. The Morgan fingerprint density at radius 3 is 2.69 bits per heavy atom. The molecular weight excluding hydrogens is 388 g/mol. The number of methoxy groups -OCH3 is 1. The van der Waals surface area contributed by atoms with Crippen LogP contribution in [0.1, 0.15) is 20.2 Å². The molecule has 1 amide bonds. The molecule has 150 valence electrons. The van der Waals surface area contributed by atoms with Gasteiger partial charge in [0.05, 0.1) is 24.2 Å². The van der Waals surface area contributed by atoms with Crippen molar-refractivity contribution < 1.29 is 14.3 Å². The van der Waals surface area contributed by atoms with Gasteiger partial charge in [-0.1, -0.05) is 18.2 Å². The number of aromatic nitrogens is 2. The topological polar surface area (TPSA) is 78.5 Å². The molecule has 0 atom stereocenters. The molecule has 1 fully saturated rings. The van der Waals surface area contributed by atoms with E-state index in [1.54, 1.807) is 18.1 Å². The molecule has 1 saturated heterocycles. The number of amides is 1. The number of piperazine rings is 1. The van der Waals surface area contributed by atoms with E-state index >= 15 is 0 Å². The molecule has 0 spiro atoms. The van der Waals surface area contributed by atoms with Crippen LogP contribution in [0.15, 0.2) is 47.8 Å². The Labute approximate surface area is 172 Å². The van der Waals surface area contributed by atoms with Crippen molar-refractivity contribution in [1.82, 2.24) is 20.0 Å². The predicted octanol–water partition coefficient (Wildman–Crippen LogP) is 2.79. The maximum atomic E-state index is 12.8. The second-order valence-corrected chi connectivity index (χ2v) is 7.82. The van der Waals surface area contributed by atoms with Crippen LogP contribution in [-0.4, -0.2) is 71.5 Å². The van der Waals surface area contributed by atoms with Crippen molar-refractivity contribution >= 4 is 23.0 Å². The molecule has 1 aliphatic heterocycles. The summed E-state index contributed by atoms with van der Waals surface area (Å²) >= 11 is 1.47. The van der Waals surface area contributed by atoms with E-state index in [-0.39, 0.29) is 11.7 Å². The number of aromatic amines is 1. The summed E-state index contributed by atoms with van der Waals surface area (Å²) in [6.07, 6.45) is 0. The molecule has 2 aromatic heterocycles. The average Bonchev–Trinajstić information content (AvgIpc) is 3.46. The average molecular weight is 410 g/mol. The number of ether oxygens (including phenoxy) is 1. The summed E-state index contributed by atoms with van der Waals surface area (Å²) in [6, 6.07) is 13.1. The highest BCUT2D eigenvalue weighted by atomic mass is 32.1. The van der Waals surface area contributed by atoms with Crippen LogP contribution in [0.4, 0.5) is 0 Å². The number of nitrogens with one attached hydrogen (secondary N) is 1. The standard InChI is InChI=1S/C21H22N4O3S/c1-28-16-5-2-4-15(12-16)17-13-18(23-22-17)21(27)25-9-7-24(8-10-25)14-19(26)20-6-3-11-29-20/h2-6,11-13H,7-10,14H2,1H3,(H,22,23). The van der Waals surface area contributed by atoms with E-state index in [9.17, 15) is 9.59 Å². The first-order chi connectivity index (χ1) is 14.1. The molecule has 3 heterocycles. The number of hydrogen-bond donors (Lipinski definition) is 1. The van der Waals surface area contributed by atoms with Crippen molar-refractivity contribution in [1.29, 1.82) is 0 Å². The van der Waals surface area contributed by atoms with Gasteiger partial charge in [-0.15, -0.1) is 11.3 Å². The number of benzene rings is 1. The Balaban J connectivity index is 1.35. The van der Waals surface area contributed by atoms with Gasteiger partial charge in [0.25, 0.3) is 5.91 Å². The molecule has 3 aromatic rings. The fraction of sp³-hybridized carbons (Fsp3) is 0.286. The molecule has 8 heteroatoms. The van der Waals surface area contributed by atoms with E-state index in [0.29, 0.717) is 44.1 Å². The minimum atomic E-state index is -0.0733. The molecule has 0 bridgehead atoms. The first-order valence-corrected chi connectivity index (χ1v) is 10.3. The van der Waals surface area contributed by atoms with Crippen molar-refractivity contribution in [2.24, 2.45) is 0 Å². The number of hydrogen-bond acceptors (Lipinski definition) is 6. The summed E-state index contributed by atoms with van der Waals surface area (Å²) in [7, 11) is 1.62. The fourth-order valence-electron chi connectivity index (χ4n) is 3.36. The lowest BCUT2D eigenvalue weighted by Gasteiger charge is -2.33.